The van der Waals surface area contributed by atoms with Gasteiger partial charge in [-0.1, -0.05) is 18.7 Å². The van der Waals surface area contributed by atoms with Gasteiger partial charge in [0.1, 0.15) is 0 Å². The molecule has 0 aromatic carbocycles. The lowest BCUT2D eigenvalue weighted by atomic mass is 9.68. The van der Waals surface area contributed by atoms with E-state index in [1.807, 2.05) is 18.2 Å². The summed E-state index contributed by atoms with van der Waals surface area (Å²) in [6, 6.07) is 1.92. The number of rotatable bonds is 7. The Morgan fingerprint density at radius 1 is 1.32 bits per heavy atom. The lowest BCUT2D eigenvalue weighted by molar-refractivity contribution is -0.175. The van der Waals surface area contributed by atoms with E-state index in [4.69, 9.17) is 14.7 Å². The van der Waals surface area contributed by atoms with E-state index in [-0.39, 0.29) is 31.1 Å². The Kier molecular flexibility index (Phi) is 6.84. The third-order valence-electron chi connectivity index (χ3n) is 3.82. The van der Waals surface area contributed by atoms with Gasteiger partial charge in [-0.3, -0.25) is 9.59 Å². The molecule has 22 heavy (non-hydrogen) atoms. The summed E-state index contributed by atoms with van der Waals surface area (Å²) in [6.45, 7) is 7.33. The third kappa shape index (κ3) is 3.76. The van der Waals surface area contributed by atoms with E-state index in [9.17, 15) is 9.59 Å². The predicted molar refractivity (Wildman–Crippen MR) is 81.6 cm³/mol. The fourth-order valence-corrected chi connectivity index (χ4v) is 2.78. The van der Waals surface area contributed by atoms with Crippen molar-refractivity contribution in [3.8, 4) is 6.07 Å². The van der Waals surface area contributed by atoms with Crippen LogP contribution >= 0.6 is 0 Å². The fraction of sp³-hybridized carbons (Fsp3) is 0.588. The number of nitriles is 1. The maximum absolute atomic E-state index is 12.6. The summed E-state index contributed by atoms with van der Waals surface area (Å²) in [6.07, 6.45) is 6.21. The molecule has 0 fully saturated rings. The van der Waals surface area contributed by atoms with E-state index in [2.05, 4.69) is 6.58 Å². The second-order valence-electron chi connectivity index (χ2n) is 5.27. The SMILES string of the molecule is C=C(C#N)CC(C(=O)OCC)(C(=O)OCC)C1C=CCCC1. The van der Waals surface area contributed by atoms with Crippen LogP contribution in [-0.2, 0) is 19.1 Å². The second kappa shape index (κ2) is 8.38. The summed E-state index contributed by atoms with van der Waals surface area (Å²) >= 11 is 0. The number of hydrogen-bond acceptors (Lipinski definition) is 5. The molecular formula is C17H23NO4. The van der Waals surface area contributed by atoms with Crippen molar-refractivity contribution in [2.75, 3.05) is 13.2 Å². The summed E-state index contributed by atoms with van der Waals surface area (Å²) in [4.78, 5) is 25.2. The molecule has 0 spiro atoms. The van der Waals surface area contributed by atoms with Crippen molar-refractivity contribution in [3.63, 3.8) is 0 Å². The minimum Gasteiger partial charge on any atom is -0.465 e. The average Bonchev–Trinajstić information content (AvgIpc) is 2.53. The van der Waals surface area contributed by atoms with Crippen LogP contribution in [0.15, 0.2) is 24.3 Å². The van der Waals surface area contributed by atoms with Gasteiger partial charge in [-0.05, 0) is 33.1 Å². The Hall–Kier alpha value is -2.09. The van der Waals surface area contributed by atoms with Crippen molar-refractivity contribution in [1.82, 2.24) is 0 Å². The van der Waals surface area contributed by atoms with Gasteiger partial charge in [0.25, 0.3) is 0 Å². The maximum atomic E-state index is 12.6. The molecule has 0 aliphatic heterocycles. The van der Waals surface area contributed by atoms with Crippen molar-refractivity contribution in [2.24, 2.45) is 11.3 Å². The summed E-state index contributed by atoms with van der Waals surface area (Å²) in [5.74, 6) is -1.62. The van der Waals surface area contributed by atoms with E-state index < -0.39 is 17.4 Å². The van der Waals surface area contributed by atoms with Gasteiger partial charge in [0.15, 0.2) is 5.41 Å². The van der Waals surface area contributed by atoms with E-state index in [0.717, 1.165) is 12.8 Å². The standard InChI is InChI=1S/C17H23NO4/c1-4-21-15(19)17(11-13(3)12-18,16(20)22-5-2)14-9-7-6-8-10-14/h7,9,14H,3-6,8,10-11H2,1-2H3. The van der Waals surface area contributed by atoms with Gasteiger partial charge in [0.05, 0.1) is 19.3 Å². The highest BCUT2D eigenvalue weighted by molar-refractivity contribution is 6.01. The van der Waals surface area contributed by atoms with Gasteiger partial charge >= 0.3 is 11.9 Å². The molecule has 120 valence electrons. The van der Waals surface area contributed by atoms with Crippen molar-refractivity contribution in [2.45, 2.75) is 39.5 Å². The van der Waals surface area contributed by atoms with E-state index in [1.54, 1.807) is 13.8 Å². The topological polar surface area (TPSA) is 76.4 Å². The van der Waals surface area contributed by atoms with E-state index in [1.165, 1.54) is 0 Å². The van der Waals surface area contributed by atoms with Crippen LogP contribution in [0.4, 0.5) is 0 Å². The first-order valence-electron chi connectivity index (χ1n) is 7.61. The van der Waals surface area contributed by atoms with Gasteiger partial charge in [-0.15, -0.1) is 0 Å². The number of carbonyl (C=O) groups is 2. The van der Waals surface area contributed by atoms with Crippen LogP contribution in [-0.4, -0.2) is 25.2 Å². The van der Waals surface area contributed by atoms with Gasteiger partial charge in [-0.25, -0.2) is 0 Å². The van der Waals surface area contributed by atoms with Crippen LogP contribution in [0.5, 0.6) is 0 Å². The molecule has 1 aliphatic rings. The molecule has 5 nitrogen and oxygen atoms in total. The molecule has 0 aromatic heterocycles. The maximum Gasteiger partial charge on any atom is 0.324 e. The normalized spacial score (nSPS) is 17.4. The Morgan fingerprint density at radius 2 is 1.91 bits per heavy atom. The van der Waals surface area contributed by atoms with Gasteiger partial charge in [-0.2, -0.15) is 5.26 Å². The van der Waals surface area contributed by atoms with Crippen LogP contribution in [0.2, 0.25) is 0 Å². The highest BCUT2D eigenvalue weighted by Crippen LogP contribution is 2.42. The predicted octanol–water partition coefficient (Wildman–Crippen LogP) is 2.93. The van der Waals surface area contributed by atoms with Crippen LogP contribution in [0.3, 0.4) is 0 Å². The Bertz CT molecular complexity index is 483. The molecule has 0 saturated carbocycles. The van der Waals surface area contributed by atoms with Crippen LogP contribution in [0, 0.1) is 22.7 Å². The van der Waals surface area contributed by atoms with Crippen molar-refractivity contribution >= 4 is 11.9 Å². The molecule has 5 heteroatoms. The molecule has 1 unspecified atom stereocenters. The second-order valence-corrected chi connectivity index (χ2v) is 5.27. The summed E-state index contributed by atoms with van der Waals surface area (Å²) in [7, 11) is 0. The average molecular weight is 305 g/mol. The van der Waals surface area contributed by atoms with Crippen molar-refractivity contribution < 1.29 is 19.1 Å². The molecule has 0 N–H and O–H groups in total. The zero-order chi connectivity index (χ0) is 16.6. The highest BCUT2D eigenvalue weighted by Gasteiger charge is 2.54. The molecule has 0 bridgehead atoms. The van der Waals surface area contributed by atoms with Crippen molar-refractivity contribution in [3.05, 3.63) is 24.3 Å². The first kappa shape index (κ1) is 18.0. The van der Waals surface area contributed by atoms with Gasteiger partial charge in [0, 0.05) is 17.9 Å². The molecule has 0 saturated heterocycles. The fourth-order valence-electron chi connectivity index (χ4n) is 2.78. The third-order valence-corrected chi connectivity index (χ3v) is 3.82. The zero-order valence-corrected chi connectivity index (χ0v) is 13.3. The smallest absolute Gasteiger partial charge is 0.324 e. The molecule has 1 atom stereocenters. The number of ether oxygens (including phenoxy) is 2. The van der Waals surface area contributed by atoms with Crippen molar-refractivity contribution in [1.29, 1.82) is 5.26 Å². The molecule has 0 amide bonds. The Labute approximate surface area is 131 Å². The Balaban J connectivity index is 3.33. The highest BCUT2D eigenvalue weighted by atomic mass is 16.6. The molecule has 1 rings (SSSR count). The van der Waals surface area contributed by atoms with Crippen LogP contribution in [0.25, 0.3) is 0 Å². The van der Waals surface area contributed by atoms with E-state index >= 15 is 0 Å². The molecule has 1 aliphatic carbocycles. The zero-order valence-electron chi connectivity index (χ0n) is 13.3. The molecule has 0 aromatic rings. The quantitative estimate of drug-likeness (QED) is 0.313. The molecular weight excluding hydrogens is 282 g/mol. The Morgan fingerprint density at radius 3 is 2.32 bits per heavy atom. The largest absolute Gasteiger partial charge is 0.465 e. The summed E-state index contributed by atoms with van der Waals surface area (Å²) in [5.41, 5.74) is -1.35. The minimum atomic E-state index is -1.52. The molecule has 0 heterocycles. The summed E-state index contributed by atoms with van der Waals surface area (Å²) < 4.78 is 10.3. The minimum absolute atomic E-state index is 0.0732. The number of allylic oxidation sites excluding steroid dienone is 3. The van der Waals surface area contributed by atoms with Gasteiger partial charge < -0.3 is 9.47 Å². The number of nitrogens with zero attached hydrogens (tertiary/aromatic N) is 1. The van der Waals surface area contributed by atoms with Crippen LogP contribution < -0.4 is 0 Å². The lowest BCUT2D eigenvalue weighted by Gasteiger charge is -2.36. The first-order valence-corrected chi connectivity index (χ1v) is 7.61. The number of carbonyl (C=O) groups excluding carboxylic acids is 2. The van der Waals surface area contributed by atoms with Gasteiger partial charge in [0.2, 0.25) is 0 Å². The lowest BCUT2D eigenvalue weighted by Crippen LogP contribution is -2.48. The van der Waals surface area contributed by atoms with E-state index in [0.29, 0.717) is 6.42 Å². The number of hydrogen-bond donors (Lipinski definition) is 0. The molecule has 0 radical (unpaired) electrons. The van der Waals surface area contributed by atoms with Crippen LogP contribution in [0.1, 0.15) is 39.5 Å². The first-order chi connectivity index (χ1) is 10.5. The monoisotopic (exact) mass is 305 g/mol. The summed E-state index contributed by atoms with van der Waals surface area (Å²) in [5, 5.41) is 9.05. The number of esters is 2.